The third-order valence-corrected chi connectivity index (χ3v) is 12.5. The Morgan fingerprint density at radius 2 is 0.562 bits per heavy atom. The molecule has 0 aliphatic rings. The average Bonchev–Trinajstić information content (AvgIpc) is 3.96. The van der Waals surface area contributed by atoms with Crippen LogP contribution in [0.4, 0.5) is 13.2 Å². The second-order valence-corrected chi connectivity index (χ2v) is 22.2. The first-order valence-corrected chi connectivity index (χ1v) is 27.4. The molecule has 0 aliphatic carbocycles. The number of alkyl halides is 3. The molecule has 4 rings (SSSR count). The molecule has 4 aromatic heterocycles. The van der Waals surface area contributed by atoms with Gasteiger partial charge in [0.2, 0.25) is 25.3 Å². The fraction of sp³-hybridized carbons (Fsp3) is 0.636. The van der Waals surface area contributed by atoms with Crippen molar-refractivity contribution in [1.82, 2.24) is 18.3 Å². The first-order valence-electron chi connectivity index (χ1n) is 19.5. The maximum absolute atomic E-state index is 10.7. The van der Waals surface area contributed by atoms with E-state index in [0.29, 0.717) is 51.9 Å². The van der Waals surface area contributed by atoms with Gasteiger partial charge < -0.3 is 0 Å². The molecule has 31 heteroatoms. The minimum Gasteiger partial charge on any atom is -0.286 e. The van der Waals surface area contributed by atoms with Gasteiger partial charge in [-0.1, -0.05) is 0 Å². The number of aryl methyl sites for hydroxylation is 8. The van der Waals surface area contributed by atoms with Gasteiger partial charge in [-0.3, -0.25) is 22.8 Å². The van der Waals surface area contributed by atoms with Crippen LogP contribution in [0.3, 0.4) is 0 Å². The van der Waals surface area contributed by atoms with Gasteiger partial charge in [0.1, 0.15) is 49.6 Å². The molecule has 4 heterocycles. The van der Waals surface area contributed by atoms with Gasteiger partial charge in [-0.15, -0.1) is 0 Å². The van der Waals surface area contributed by atoms with Gasteiger partial charge in [0.05, 0.1) is 75.4 Å². The van der Waals surface area contributed by atoms with Crippen molar-refractivity contribution in [3.05, 3.63) is 74.9 Å². The lowest BCUT2D eigenvalue weighted by molar-refractivity contribution is -0.696. The van der Waals surface area contributed by atoms with Crippen molar-refractivity contribution in [3.8, 4) is 0 Å². The standard InChI is InChI=1S/2C16H26N4O6S2.CHF3O3S/c2*21-27(22,23)13-3-7-19-11-9-17(15-19)5-1-2-6-18-10-12-20(16-18)8-4-14-28(24,25)26;2-1(3,4)8(5,6)7/h2*9-12,15-16H,1-8,13-14H2;(H,5,6,7)/p+4. The van der Waals surface area contributed by atoms with Crippen LogP contribution in [-0.4, -0.2) is 112 Å². The molecular weight excluding hydrogens is 966 g/mol. The molecule has 4 aromatic rings. The summed E-state index contributed by atoms with van der Waals surface area (Å²) in [4.78, 5) is 0. The molecule has 23 nitrogen and oxygen atoms in total. The molecule has 64 heavy (non-hydrogen) atoms. The topological polar surface area (TPSA) is 307 Å². The summed E-state index contributed by atoms with van der Waals surface area (Å²) < 4.78 is 194. The Balaban J connectivity index is 0.000000376. The van der Waals surface area contributed by atoms with Gasteiger partial charge in [-0.25, -0.2) is 36.5 Å². The van der Waals surface area contributed by atoms with E-state index in [4.69, 9.17) is 31.2 Å². The lowest BCUT2D eigenvalue weighted by Gasteiger charge is -1.98. The van der Waals surface area contributed by atoms with Crippen molar-refractivity contribution in [3.63, 3.8) is 0 Å². The molecule has 0 spiro atoms. The van der Waals surface area contributed by atoms with Crippen molar-refractivity contribution in [2.24, 2.45) is 0 Å². The van der Waals surface area contributed by atoms with Crippen LogP contribution in [0.2, 0.25) is 0 Å². The highest BCUT2D eigenvalue weighted by Crippen LogP contribution is 2.20. The van der Waals surface area contributed by atoms with Crippen molar-refractivity contribution >= 4 is 50.6 Å². The van der Waals surface area contributed by atoms with Gasteiger partial charge in [0.25, 0.3) is 40.5 Å². The Labute approximate surface area is 370 Å². The van der Waals surface area contributed by atoms with E-state index in [9.17, 15) is 46.8 Å². The summed E-state index contributed by atoms with van der Waals surface area (Å²) in [5.74, 6) is -0.953. The predicted octanol–water partition coefficient (Wildman–Crippen LogP) is 0.196. The second-order valence-electron chi connectivity index (χ2n) is 14.5. The fourth-order valence-corrected chi connectivity index (χ4v) is 7.68. The largest absolute Gasteiger partial charge is 0.522 e. The molecule has 0 bridgehead atoms. The summed E-state index contributed by atoms with van der Waals surface area (Å²) in [5, 5.41) is 0. The maximum atomic E-state index is 10.7. The molecule has 0 atom stereocenters. The van der Waals surface area contributed by atoms with E-state index < -0.39 is 56.1 Å². The van der Waals surface area contributed by atoms with E-state index in [0.717, 1.165) is 51.9 Å². The van der Waals surface area contributed by atoms with Crippen molar-refractivity contribution in [2.45, 2.75) is 109 Å². The van der Waals surface area contributed by atoms with Crippen LogP contribution < -0.4 is 18.3 Å². The van der Waals surface area contributed by atoms with Crippen LogP contribution in [0.5, 0.6) is 0 Å². The van der Waals surface area contributed by atoms with E-state index in [1.165, 1.54) is 0 Å². The Bertz CT molecular complexity index is 2260. The minimum atomic E-state index is -5.84. The lowest BCUT2D eigenvalue weighted by Crippen LogP contribution is -2.32. The van der Waals surface area contributed by atoms with Crippen LogP contribution in [0.25, 0.3) is 0 Å². The summed E-state index contributed by atoms with van der Waals surface area (Å²) >= 11 is 0. The first-order chi connectivity index (χ1) is 29.5. The molecule has 0 saturated carbocycles. The van der Waals surface area contributed by atoms with Gasteiger partial charge in [0.15, 0.2) is 0 Å². The average molecular weight is 1020 g/mol. The van der Waals surface area contributed by atoms with Crippen molar-refractivity contribution in [2.75, 3.05) is 23.0 Å². The highest BCUT2D eigenvalue weighted by Gasteiger charge is 2.44. The lowest BCUT2D eigenvalue weighted by atomic mass is 10.3. The van der Waals surface area contributed by atoms with Crippen LogP contribution in [-0.2, 0) is 103 Å². The van der Waals surface area contributed by atoms with Gasteiger partial charge in [0, 0.05) is 25.7 Å². The number of nitrogens with zero attached hydrogens (tertiary/aromatic N) is 8. The number of rotatable bonds is 26. The van der Waals surface area contributed by atoms with Crippen molar-refractivity contribution in [1.29, 1.82) is 0 Å². The zero-order chi connectivity index (χ0) is 48.2. The third-order valence-electron chi connectivity index (χ3n) is 8.72. The SMILES string of the molecule is O=S(=O)(O)C(F)(F)F.O=S(=O)(O)CCC[n+]1ccn(CCCCn2cc[n+](CCCS(=O)(=O)O)c2)c1.O=S(=O)(O)CCC[n+]1ccn(CCCCn2cc[n+](CCCS(=O)(=O)O)c2)c1. The fourth-order valence-electron chi connectivity index (χ4n) is 5.71. The minimum absolute atomic E-state index is 0.238. The van der Waals surface area contributed by atoms with E-state index >= 15 is 0 Å². The van der Waals surface area contributed by atoms with E-state index in [2.05, 4.69) is 0 Å². The summed E-state index contributed by atoms with van der Waals surface area (Å²) in [7, 11) is -21.5. The Kier molecular flexibility index (Phi) is 22.7. The Morgan fingerprint density at radius 1 is 0.375 bits per heavy atom. The van der Waals surface area contributed by atoms with Gasteiger partial charge in [-0.2, -0.15) is 55.3 Å². The highest BCUT2D eigenvalue weighted by atomic mass is 32.2. The molecule has 5 N–H and O–H groups in total. The molecule has 0 radical (unpaired) electrons. The highest BCUT2D eigenvalue weighted by molar-refractivity contribution is 7.87. The quantitative estimate of drug-likeness (QED) is 0.0243. The number of unbranched alkanes of at least 4 members (excludes halogenated alkanes) is 2. The molecule has 0 unspecified atom stereocenters. The molecule has 0 saturated heterocycles. The zero-order valence-electron chi connectivity index (χ0n) is 34.6. The summed E-state index contributed by atoms with van der Waals surface area (Å²) in [6, 6.07) is 0. The molecule has 0 fully saturated rings. The van der Waals surface area contributed by atoms with E-state index in [1.54, 1.807) is 0 Å². The summed E-state index contributed by atoms with van der Waals surface area (Å²) in [6.07, 6.45) is 28.3. The normalized spacial score (nSPS) is 12.7. The summed E-state index contributed by atoms with van der Waals surface area (Å²) in [6.45, 7) is 5.53. The Hall–Kier alpha value is -3.82. The first kappa shape index (κ1) is 56.3. The Morgan fingerprint density at radius 3 is 0.719 bits per heavy atom. The van der Waals surface area contributed by atoms with Crippen LogP contribution in [0, 0.1) is 0 Å². The summed E-state index contributed by atoms with van der Waals surface area (Å²) in [5.41, 5.74) is -5.53. The maximum Gasteiger partial charge on any atom is 0.522 e. The number of aromatic nitrogens is 8. The van der Waals surface area contributed by atoms with Crippen molar-refractivity contribution < 1.29 is 96.3 Å². The number of hydrogen-bond acceptors (Lipinski definition) is 10. The second kappa shape index (κ2) is 25.8. The van der Waals surface area contributed by atoms with Crippen LogP contribution >= 0.6 is 0 Å². The smallest absolute Gasteiger partial charge is 0.286 e. The number of hydrogen-bond donors (Lipinski definition) is 5. The van der Waals surface area contributed by atoms with E-state index in [1.807, 2.05) is 111 Å². The predicted molar refractivity (Wildman–Crippen MR) is 219 cm³/mol. The number of halogens is 3. The zero-order valence-corrected chi connectivity index (χ0v) is 38.7. The molecule has 0 aliphatic heterocycles. The van der Waals surface area contributed by atoms with Crippen LogP contribution in [0.1, 0.15) is 51.4 Å². The van der Waals surface area contributed by atoms with Gasteiger partial charge in [-0.05, 0) is 25.7 Å². The number of imidazole rings is 4. The molecule has 0 aromatic carbocycles. The third kappa shape index (κ3) is 27.5. The van der Waals surface area contributed by atoms with Crippen LogP contribution in [0.15, 0.2) is 74.9 Å². The molecule has 366 valence electrons. The van der Waals surface area contributed by atoms with E-state index in [-0.39, 0.29) is 23.0 Å². The monoisotopic (exact) mass is 1020 g/mol. The molecule has 0 amide bonds. The van der Waals surface area contributed by atoms with Gasteiger partial charge >= 0.3 is 15.6 Å². The molecular formula is C33H57F3N8O15S5+4.